The monoisotopic (exact) mass is 123 g/mol. The summed E-state index contributed by atoms with van der Waals surface area (Å²) in [6.07, 6.45) is 0. The third-order valence-corrected chi connectivity index (χ3v) is 1.07. The standard InChI is InChI=1S/C7H7O2/c8-9-6-7-4-2-1-3-5-7/h1-5H,6H2. The van der Waals surface area contributed by atoms with Crippen LogP contribution in [0.5, 0.6) is 0 Å². The normalized spacial score (nSPS) is 9.44. The lowest BCUT2D eigenvalue weighted by molar-refractivity contribution is -0.313. The van der Waals surface area contributed by atoms with Gasteiger partial charge in [0.05, 0.1) is 0 Å². The van der Waals surface area contributed by atoms with E-state index in [4.69, 9.17) is 0 Å². The first-order chi connectivity index (χ1) is 4.43. The van der Waals surface area contributed by atoms with Gasteiger partial charge in [-0.05, 0) is 10.8 Å². The molecule has 0 fully saturated rings. The van der Waals surface area contributed by atoms with Crippen LogP contribution in [0.1, 0.15) is 5.56 Å². The van der Waals surface area contributed by atoms with Crippen molar-refractivity contribution in [2.24, 2.45) is 0 Å². The van der Waals surface area contributed by atoms with E-state index >= 15 is 0 Å². The third-order valence-electron chi connectivity index (χ3n) is 1.07. The van der Waals surface area contributed by atoms with Crippen LogP contribution in [0.15, 0.2) is 30.3 Å². The molecule has 2 heteroatoms. The summed E-state index contributed by atoms with van der Waals surface area (Å²) in [6.45, 7) is 0.154. The summed E-state index contributed by atoms with van der Waals surface area (Å²) >= 11 is 0. The highest BCUT2D eigenvalue weighted by Gasteiger charge is 1.87. The van der Waals surface area contributed by atoms with Crippen molar-refractivity contribution in [3.05, 3.63) is 35.9 Å². The number of hydrogen-bond acceptors (Lipinski definition) is 1. The SMILES string of the molecule is [O]OCc1ccccc1. The number of hydrogen-bond donors (Lipinski definition) is 0. The summed E-state index contributed by atoms with van der Waals surface area (Å²) in [4.78, 5) is 3.68. The maximum atomic E-state index is 9.60. The van der Waals surface area contributed by atoms with Gasteiger partial charge < -0.3 is 0 Å². The molecule has 1 rings (SSSR count). The van der Waals surface area contributed by atoms with Crippen molar-refractivity contribution in [3.8, 4) is 0 Å². The lowest BCUT2D eigenvalue weighted by Crippen LogP contribution is -1.83. The van der Waals surface area contributed by atoms with Gasteiger partial charge >= 0.3 is 0 Å². The summed E-state index contributed by atoms with van der Waals surface area (Å²) in [6, 6.07) is 9.33. The topological polar surface area (TPSA) is 29.1 Å². The van der Waals surface area contributed by atoms with E-state index in [1.165, 1.54) is 0 Å². The van der Waals surface area contributed by atoms with Gasteiger partial charge in [-0.3, -0.25) is 0 Å². The first-order valence-electron chi connectivity index (χ1n) is 2.72. The van der Waals surface area contributed by atoms with Gasteiger partial charge in [0.15, 0.2) is 0 Å². The molecule has 1 aromatic carbocycles. The molecule has 1 aromatic rings. The molecule has 0 amide bonds. The highest BCUT2D eigenvalue weighted by Crippen LogP contribution is 1.98. The molecule has 0 aliphatic rings. The van der Waals surface area contributed by atoms with Crippen molar-refractivity contribution in [3.63, 3.8) is 0 Å². The van der Waals surface area contributed by atoms with Crippen LogP contribution in [0.2, 0.25) is 0 Å². The molecule has 0 saturated heterocycles. The van der Waals surface area contributed by atoms with Crippen molar-refractivity contribution >= 4 is 0 Å². The average molecular weight is 123 g/mol. The highest BCUT2D eigenvalue weighted by molar-refractivity contribution is 5.13. The highest BCUT2D eigenvalue weighted by atomic mass is 17.1. The quantitative estimate of drug-likeness (QED) is 0.433. The minimum atomic E-state index is 0.154. The fourth-order valence-corrected chi connectivity index (χ4v) is 0.642. The Morgan fingerprint density at radius 2 is 1.89 bits per heavy atom. The zero-order chi connectivity index (χ0) is 6.53. The Labute approximate surface area is 53.6 Å². The summed E-state index contributed by atoms with van der Waals surface area (Å²) in [7, 11) is 0. The van der Waals surface area contributed by atoms with Crippen molar-refractivity contribution in [2.45, 2.75) is 6.61 Å². The van der Waals surface area contributed by atoms with E-state index in [2.05, 4.69) is 4.89 Å². The number of rotatable bonds is 2. The molecule has 0 heterocycles. The lowest BCUT2D eigenvalue weighted by Gasteiger charge is -1.91. The Morgan fingerprint density at radius 1 is 1.22 bits per heavy atom. The molecule has 47 valence electrons. The smallest absolute Gasteiger partial charge is 0.111 e. The molecule has 0 aliphatic carbocycles. The Kier molecular flexibility index (Phi) is 2.24. The molecule has 0 unspecified atom stereocenters. The van der Waals surface area contributed by atoms with Gasteiger partial charge in [0, 0.05) is 0 Å². The largest absolute Gasteiger partial charge is 0.199 e. The molecule has 1 radical (unpaired) electrons. The summed E-state index contributed by atoms with van der Waals surface area (Å²) in [5.41, 5.74) is 0.910. The molecule has 9 heavy (non-hydrogen) atoms. The first-order valence-corrected chi connectivity index (χ1v) is 2.72. The maximum absolute atomic E-state index is 9.60. The zero-order valence-electron chi connectivity index (χ0n) is 4.91. The van der Waals surface area contributed by atoms with E-state index in [1.54, 1.807) is 0 Å². The molecule has 2 nitrogen and oxygen atoms in total. The van der Waals surface area contributed by atoms with Gasteiger partial charge in [0.2, 0.25) is 0 Å². The summed E-state index contributed by atoms with van der Waals surface area (Å²) < 4.78 is 0. The minimum Gasteiger partial charge on any atom is -0.199 e. The molecular weight excluding hydrogens is 116 g/mol. The molecule has 0 aliphatic heterocycles. The molecule has 0 spiro atoms. The van der Waals surface area contributed by atoms with E-state index in [9.17, 15) is 5.26 Å². The van der Waals surface area contributed by atoms with E-state index < -0.39 is 0 Å². The van der Waals surface area contributed by atoms with Gasteiger partial charge in [-0.2, -0.15) is 4.89 Å². The molecule has 0 N–H and O–H groups in total. The third kappa shape index (κ3) is 1.83. The summed E-state index contributed by atoms with van der Waals surface area (Å²) in [5, 5.41) is 9.60. The van der Waals surface area contributed by atoms with Gasteiger partial charge in [0.25, 0.3) is 0 Å². The van der Waals surface area contributed by atoms with Crippen LogP contribution >= 0.6 is 0 Å². The molecule has 0 atom stereocenters. The van der Waals surface area contributed by atoms with E-state index in [0.29, 0.717) is 0 Å². The molecule has 0 saturated carbocycles. The second kappa shape index (κ2) is 3.22. The van der Waals surface area contributed by atoms with Crippen LogP contribution in [0, 0.1) is 0 Å². The zero-order valence-corrected chi connectivity index (χ0v) is 4.91. The van der Waals surface area contributed by atoms with Crippen LogP contribution in [0.4, 0.5) is 0 Å². The van der Waals surface area contributed by atoms with Crippen molar-refractivity contribution in [1.82, 2.24) is 0 Å². The van der Waals surface area contributed by atoms with Crippen molar-refractivity contribution in [1.29, 1.82) is 0 Å². The van der Waals surface area contributed by atoms with Crippen LogP contribution in [-0.4, -0.2) is 0 Å². The van der Waals surface area contributed by atoms with Crippen molar-refractivity contribution < 1.29 is 10.1 Å². The summed E-state index contributed by atoms with van der Waals surface area (Å²) in [5.74, 6) is 0. The lowest BCUT2D eigenvalue weighted by atomic mass is 10.2. The van der Waals surface area contributed by atoms with Gasteiger partial charge in [-0.25, -0.2) is 0 Å². The van der Waals surface area contributed by atoms with Crippen LogP contribution in [0.3, 0.4) is 0 Å². The second-order valence-corrected chi connectivity index (χ2v) is 1.75. The molecule has 0 bridgehead atoms. The van der Waals surface area contributed by atoms with Gasteiger partial charge in [-0.15, -0.1) is 0 Å². The van der Waals surface area contributed by atoms with Crippen LogP contribution in [0.25, 0.3) is 0 Å². The van der Waals surface area contributed by atoms with Gasteiger partial charge in [-0.1, -0.05) is 30.3 Å². The molecular formula is C7H7O2. The fourth-order valence-electron chi connectivity index (χ4n) is 0.642. The molecule has 0 aromatic heterocycles. The Balaban J connectivity index is 2.61. The van der Waals surface area contributed by atoms with Crippen LogP contribution < -0.4 is 0 Å². The first kappa shape index (κ1) is 6.26. The van der Waals surface area contributed by atoms with Crippen molar-refractivity contribution in [2.75, 3.05) is 0 Å². The second-order valence-electron chi connectivity index (χ2n) is 1.75. The Bertz CT molecular complexity index is 160. The Hall–Kier alpha value is -0.860. The predicted molar refractivity (Wildman–Crippen MR) is 31.9 cm³/mol. The van der Waals surface area contributed by atoms with Crippen LogP contribution in [-0.2, 0) is 16.8 Å². The fraction of sp³-hybridized carbons (Fsp3) is 0.143. The van der Waals surface area contributed by atoms with E-state index in [-0.39, 0.29) is 6.61 Å². The van der Waals surface area contributed by atoms with E-state index in [1.807, 2.05) is 30.3 Å². The average Bonchev–Trinajstić information content (AvgIpc) is 1.91. The number of benzene rings is 1. The van der Waals surface area contributed by atoms with E-state index in [0.717, 1.165) is 5.56 Å². The predicted octanol–water partition coefficient (Wildman–Crippen LogP) is 1.55. The Morgan fingerprint density at radius 3 is 2.44 bits per heavy atom. The maximum Gasteiger partial charge on any atom is 0.111 e. The minimum absolute atomic E-state index is 0.154. The van der Waals surface area contributed by atoms with Gasteiger partial charge in [0.1, 0.15) is 6.61 Å².